The van der Waals surface area contributed by atoms with Crippen LogP contribution in [0.25, 0.3) is 11.1 Å². The van der Waals surface area contributed by atoms with E-state index in [2.05, 4.69) is 9.97 Å². The van der Waals surface area contributed by atoms with Crippen LogP contribution in [-0.2, 0) is 4.74 Å². The number of carbonyl (C=O) groups is 1. The molecule has 0 spiro atoms. The maximum atomic E-state index is 11.9. The summed E-state index contributed by atoms with van der Waals surface area (Å²) in [7, 11) is 0. The molecule has 5 heteroatoms. The fraction of sp³-hybridized carbons (Fsp3) is 0.154. The number of pyridine rings is 2. The molecule has 0 unspecified atom stereocenters. The topological polar surface area (TPSA) is 52.1 Å². The van der Waals surface area contributed by atoms with Crippen molar-refractivity contribution in [2.45, 2.75) is 6.92 Å². The first-order chi connectivity index (χ1) is 8.72. The molecule has 0 amide bonds. The highest BCUT2D eigenvalue weighted by atomic mass is 35.5. The van der Waals surface area contributed by atoms with Gasteiger partial charge in [-0.15, -0.1) is 0 Å². The Labute approximate surface area is 110 Å². The molecule has 0 aliphatic heterocycles. The van der Waals surface area contributed by atoms with Crippen LogP contribution in [0.5, 0.6) is 0 Å². The van der Waals surface area contributed by atoms with Crippen LogP contribution in [-0.4, -0.2) is 22.5 Å². The van der Waals surface area contributed by atoms with Crippen molar-refractivity contribution < 1.29 is 9.53 Å². The van der Waals surface area contributed by atoms with Crippen LogP contribution in [0, 0.1) is 0 Å². The van der Waals surface area contributed by atoms with Gasteiger partial charge >= 0.3 is 5.97 Å². The number of rotatable bonds is 3. The van der Waals surface area contributed by atoms with Gasteiger partial charge in [-0.25, -0.2) is 9.78 Å². The number of nitrogens with zero attached hydrogens (tertiary/aromatic N) is 2. The van der Waals surface area contributed by atoms with Gasteiger partial charge in [0.1, 0.15) is 5.15 Å². The van der Waals surface area contributed by atoms with Crippen LogP contribution < -0.4 is 0 Å². The summed E-state index contributed by atoms with van der Waals surface area (Å²) in [5.74, 6) is -0.409. The van der Waals surface area contributed by atoms with E-state index in [1.807, 2.05) is 0 Å². The van der Waals surface area contributed by atoms with Gasteiger partial charge in [-0.2, -0.15) is 0 Å². The Balaban J connectivity index is 2.51. The van der Waals surface area contributed by atoms with E-state index < -0.39 is 5.97 Å². The summed E-state index contributed by atoms with van der Waals surface area (Å²) < 4.78 is 5.00. The Morgan fingerprint density at radius 3 is 2.78 bits per heavy atom. The van der Waals surface area contributed by atoms with Crippen LogP contribution in [0.15, 0.2) is 36.8 Å². The average Bonchev–Trinajstić information content (AvgIpc) is 2.40. The molecule has 2 rings (SSSR count). The predicted octanol–water partition coefficient (Wildman–Crippen LogP) is 2.97. The molecule has 2 aromatic heterocycles. The third-order valence-electron chi connectivity index (χ3n) is 2.36. The molecule has 0 aliphatic carbocycles. The van der Waals surface area contributed by atoms with Crippen LogP contribution >= 0.6 is 11.6 Å². The zero-order valence-electron chi connectivity index (χ0n) is 9.76. The molecule has 0 saturated carbocycles. The van der Waals surface area contributed by atoms with E-state index in [0.717, 1.165) is 5.56 Å². The summed E-state index contributed by atoms with van der Waals surface area (Å²) in [6.07, 6.45) is 4.86. The van der Waals surface area contributed by atoms with E-state index in [-0.39, 0.29) is 5.15 Å². The van der Waals surface area contributed by atoms with E-state index >= 15 is 0 Å². The van der Waals surface area contributed by atoms with Gasteiger partial charge in [0.2, 0.25) is 0 Å². The lowest BCUT2D eigenvalue weighted by Gasteiger charge is -2.08. The average molecular weight is 263 g/mol. The molecule has 0 atom stereocenters. The lowest BCUT2D eigenvalue weighted by molar-refractivity contribution is 0.0527. The second-order valence-corrected chi connectivity index (χ2v) is 3.90. The number of hydrogen-bond acceptors (Lipinski definition) is 4. The van der Waals surface area contributed by atoms with Crippen molar-refractivity contribution in [3.8, 4) is 11.1 Å². The molecule has 92 valence electrons. The Morgan fingerprint density at radius 2 is 2.11 bits per heavy atom. The van der Waals surface area contributed by atoms with E-state index in [1.54, 1.807) is 37.6 Å². The van der Waals surface area contributed by atoms with Crippen molar-refractivity contribution in [2.24, 2.45) is 0 Å². The van der Waals surface area contributed by atoms with Crippen LogP contribution in [0.1, 0.15) is 17.3 Å². The largest absolute Gasteiger partial charge is 0.462 e. The minimum absolute atomic E-state index is 0.260. The number of esters is 1. The molecule has 0 radical (unpaired) electrons. The fourth-order valence-electron chi connectivity index (χ4n) is 1.57. The van der Waals surface area contributed by atoms with E-state index in [9.17, 15) is 4.79 Å². The second kappa shape index (κ2) is 5.60. The van der Waals surface area contributed by atoms with Crippen molar-refractivity contribution >= 4 is 17.6 Å². The highest BCUT2D eigenvalue weighted by Crippen LogP contribution is 2.25. The van der Waals surface area contributed by atoms with E-state index in [0.29, 0.717) is 17.7 Å². The predicted molar refractivity (Wildman–Crippen MR) is 68.4 cm³/mol. The van der Waals surface area contributed by atoms with Gasteiger partial charge in [0, 0.05) is 24.2 Å². The highest BCUT2D eigenvalue weighted by molar-refractivity contribution is 6.29. The second-order valence-electron chi connectivity index (χ2n) is 3.51. The van der Waals surface area contributed by atoms with Gasteiger partial charge in [-0.1, -0.05) is 11.6 Å². The van der Waals surface area contributed by atoms with Gasteiger partial charge in [0.15, 0.2) is 0 Å². The first-order valence-corrected chi connectivity index (χ1v) is 5.83. The maximum absolute atomic E-state index is 11.9. The molecule has 0 N–H and O–H groups in total. The molecule has 18 heavy (non-hydrogen) atoms. The van der Waals surface area contributed by atoms with Crippen molar-refractivity contribution in [1.82, 2.24) is 9.97 Å². The smallest absolute Gasteiger partial charge is 0.338 e. The van der Waals surface area contributed by atoms with Gasteiger partial charge in [-0.05, 0) is 30.7 Å². The maximum Gasteiger partial charge on any atom is 0.338 e. The SMILES string of the molecule is CCOC(=O)c1cc(Cl)ncc1-c1ccncc1. The molecule has 2 aromatic rings. The molecular weight excluding hydrogens is 252 g/mol. The first-order valence-electron chi connectivity index (χ1n) is 5.45. The van der Waals surface area contributed by atoms with Crippen molar-refractivity contribution in [2.75, 3.05) is 6.61 Å². The third-order valence-corrected chi connectivity index (χ3v) is 2.56. The summed E-state index contributed by atoms with van der Waals surface area (Å²) >= 11 is 5.82. The summed E-state index contributed by atoms with van der Waals surface area (Å²) in [4.78, 5) is 19.8. The molecular formula is C13H11ClN2O2. The molecule has 4 nitrogen and oxygen atoms in total. The van der Waals surface area contributed by atoms with Crippen molar-refractivity contribution in [1.29, 1.82) is 0 Å². The van der Waals surface area contributed by atoms with Gasteiger partial charge < -0.3 is 4.74 Å². The zero-order valence-corrected chi connectivity index (χ0v) is 10.5. The summed E-state index contributed by atoms with van der Waals surface area (Å²) in [6.45, 7) is 2.07. The number of ether oxygens (including phenoxy) is 1. The van der Waals surface area contributed by atoms with Crippen molar-refractivity contribution in [3.63, 3.8) is 0 Å². The summed E-state index contributed by atoms with van der Waals surface area (Å²) in [5.41, 5.74) is 1.93. The van der Waals surface area contributed by atoms with Gasteiger partial charge in [0.25, 0.3) is 0 Å². The minimum atomic E-state index is -0.409. The first kappa shape index (κ1) is 12.5. The van der Waals surface area contributed by atoms with Crippen molar-refractivity contribution in [3.05, 3.63) is 47.5 Å². The molecule has 0 fully saturated rings. The Bertz CT molecular complexity index is 558. The standard InChI is InChI=1S/C13H11ClN2O2/c1-2-18-13(17)10-7-12(14)16-8-11(10)9-3-5-15-6-4-9/h3-8H,2H2,1H3. The number of hydrogen-bond donors (Lipinski definition) is 0. The third kappa shape index (κ3) is 2.65. The lowest BCUT2D eigenvalue weighted by atomic mass is 10.0. The van der Waals surface area contributed by atoms with Gasteiger partial charge in [0.05, 0.1) is 12.2 Å². The van der Waals surface area contributed by atoms with Crippen LogP contribution in [0.3, 0.4) is 0 Å². The number of aromatic nitrogens is 2. The molecule has 0 bridgehead atoms. The quantitative estimate of drug-likeness (QED) is 0.630. The number of halogens is 1. The molecule has 0 saturated heterocycles. The Morgan fingerprint density at radius 1 is 1.39 bits per heavy atom. The normalized spacial score (nSPS) is 10.1. The van der Waals surface area contributed by atoms with E-state index in [1.165, 1.54) is 6.07 Å². The molecule has 2 heterocycles. The summed E-state index contributed by atoms with van der Waals surface area (Å²) in [6, 6.07) is 5.11. The molecule has 0 aliphatic rings. The van der Waals surface area contributed by atoms with E-state index in [4.69, 9.17) is 16.3 Å². The lowest BCUT2D eigenvalue weighted by Crippen LogP contribution is -2.07. The Kier molecular flexibility index (Phi) is 3.89. The monoisotopic (exact) mass is 262 g/mol. The number of carbonyl (C=O) groups excluding carboxylic acids is 1. The minimum Gasteiger partial charge on any atom is -0.462 e. The summed E-state index contributed by atoms with van der Waals surface area (Å²) in [5, 5.41) is 0.260. The Hall–Kier alpha value is -1.94. The zero-order chi connectivity index (χ0) is 13.0. The van der Waals surface area contributed by atoms with Gasteiger partial charge in [-0.3, -0.25) is 4.98 Å². The fourth-order valence-corrected chi connectivity index (χ4v) is 1.73. The molecule has 0 aromatic carbocycles. The highest BCUT2D eigenvalue weighted by Gasteiger charge is 2.15. The van der Waals surface area contributed by atoms with Crippen LogP contribution in [0.2, 0.25) is 5.15 Å². The van der Waals surface area contributed by atoms with Crippen LogP contribution in [0.4, 0.5) is 0 Å².